The van der Waals surface area contributed by atoms with Gasteiger partial charge in [0.15, 0.2) is 11.5 Å². The Hall–Kier alpha value is -1.71. The number of nitrogens with zero attached hydrogens (tertiary/aromatic N) is 1. The third kappa shape index (κ3) is 1.73. The summed E-state index contributed by atoms with van der Waals surface area (Å²) in [4.78, 5) is 13.8. The van der Waals surface area contributed by atoms with Crippen LogP contribution in [0.15, 0.2) is 18.2 Å². The second kappa shape index (κ2) is 4.90. The van der Waals surface area contributed by atoms with Gasteiger partial charge in [0, 0.05) is 31.0 Å². The number of fused-ring (bicyclic) bond motifs is 1. The average molecular weight is 301 g/mol. The molecule has 2 heterocycles. The number of hydrogen-bond donors (Lipinski definition) is 0. The molecule has 0 bridgehead atoms. The van der Waals surface area contributed by atoms with Gasteiger partial charge in [-0.3, -0.25) is 4.79 Å². The third-order valence-electron chi connectivity index (χ3n) is 5.96. The van der Waals surface area contributed by atoms with Gasteiger partial charge in [-0.1, -0.05) is 12.1 Å². The zero-order valence-electron chi connectivity index (χ0n) is 13.3. The van der Waals surface area contributed by atoms with Crippen LogP contribution in [0.5, 0.6) is 11.5 Å². The molecule has 0 radical (unpaired) electrons. The molecule has 3 atom stereocenters. The maximum atomic E-state index is 11.8. The van der Waals surface area contributed by atoms with Crippen molar-refractivity contribution in [3.8, 4) is 11.5 Å². The summed E-state index contributed by atoms with van der Waals surface area (Å²) in [5, 5.41) is 0. The van der Waals surface area contributed by atoms with Gasteiger partial charge >= 0.3 is 0 Å². The number of amides is 1. The van der Waals surface area contributed by atoms with Crippen molar-refractivity contribution in [3.63, 3.8) is 0 Å². The van der Waals surface area contributed by atoms with Crippen molar-refractivity contribution in [3.05, 3.63) is 23.8 Å². The van der Waals surface area contributed by atoms with Crippen molar-refractivity contribution in [1.29, 1.82) is 0 Å². The molecular formula is C18H23NO3. The minimum Gasteiger partial charge on any atom is -0.493 e. The number of para-hydroxylation sites is 1. The second-order valence-electron chi connectivity index (χ2n) is 6.83. The van der Waals surface area contributed by atoms with E-state index in [0.29, 0.717) is 5.92 Å². The van der Waals surface area contributed by atoms with Gasteiger partial charge in [-0.15, -0.1) is 0 Å². The lowest BCUT2D eigenvalue weighted by atomic mass is 9.58. The molecule has 3 aliphatic rings. The van der Waals surface area contributed by atoms with Crippen LogP contribution in [0, 0.1) is 5.92 Å². The molecule has 1 aromatic rings. The topological polar surface area (TPSA) is 38.8 Å². The first kappa shape index (κ1) is 13.9. The van der Waals surface area contributed by atoms with Crippen LogP contribution in [-0.4, -0.2) is 37.1 Å². The summed E-state index contributed by atoms with van der Waals surface area (Å²) < 4.78 is 11.9. The van der Waals surface area contributed by atoms with E-state index >= 15 is 0 Å². The Kier molecular flexibility index (Phi) is 3.10. The fraction of sp³-hybridized carbons (Fsp3) is 0.611. The monoisotopic (exact) mass is 301 g/mol. The molecule has 118 valence electrons. The van der Waals surface area contributed by atoms with Gasteiger partial charge in [0.2, 0.25) is 5.91 Å². The molecule has 4 rings (SSSR count). The van der Waals surface area contributed by atoms with Crippen LogP contribution in [0.3, 0.4) is 0 Å². The van der Waals surface area contributed by atoms with Gasteiger partial charge in [-0.25, -0.2) is 0 Å². The number of carbonyl (C=O) groups excluding carboxylic acids is 1. The van der Waals surface area contributed by atoms with E-state index in [1.54, 1.807) is 14.0 Å². The van der Waals surface area contributed by atoms with Crippen molar-refractivity contribution >= 4 is 5.91 Å². The molecular weight excluding hydrogens is 278 g/mol. The maximum Gasteiger partial charge on any atom is 0.219 e. The normalized spacial score (nSPS) is 32.5. The number of likely N-dealkylation sites (tertiary alicyclic amines) is 1. The Bertz CT molecular complexity index is 614. The maximum absolute atomic E-state index is 11.8. The number of carbonyl (C=O) groups is 1. The second-order valence-corrected chi connectivity index (χ2v) is 6.83. The average Bonchev–Trinajstić information content (AvgIpc) is 2.87. The van der Waals surface area contributed by atoms with Crippen LogP contribution >= 0.6 is 0 Å². The molecule has 1 amide bonds. The van der Waals surface area contributed by atoms with E-state index < -0.39 is 0 Å². The first-order valence-electron chi connectivity index (χ1n) is 8.26. The Morgan fingerprint density at radius 1 is 1.41 bits per heavy atom. The smallest absolute Gasteiger partial charge is 0.219 e. The van der Waals surface area contributed by atoms with Crippen LogP contribution in [0.25, 0.3) is 0 Å². The van der Waals surface area contributed by atoms with Gasteiger partial charge in [0.1, 0.15) is 6.10 Å². The molecule has 1 saturated heterocycles. The predicted molar refractivity (Wildman–Crippen MR) is 83.3 cm³/mol. The number of hydrogen-bond acceptors (Lipinski definition) is 3. The van der Waals surface area contributed by atoms with E-state index in [9.17, 15) is 4.79 Å². The number of methoxy groups -OCH3 is 1. The fourth-order valence-corrected chi connectivity index (χ4v) is 4.91. The van der Waals surface area contributed by atoms with Crippen LogP contribution < -0.4 is 9.47 Å². The molecule has 1 spiro atoms. The summed E-state index contributed by atoms with van der Waals surface area (Å²) in [7, 11) is 1.70. The molecule has 0 aromatic heterocycles. The zero-order valence-corrected chi connectivity index (χ0v) is 13.3. The quantitative estimate of drug-likeness (QED) is 0.800. The summed E-state index contributed by atoms with van der Waals surface area (Å²) in [6, 6.07) is 6.26. The highest BCUT2D eigenvalue weighted by Crippen LogP contribution is 2.58. The first-order chi connectivity index (χ1) is 10.7. The molecule has 0 N–H and O–H groups in total. The molecule has 2 aliphatic heterocycles. The first-order valence-corrected chi connectivity index (χ1v) is 8.26. The van der Waals surface area contributed by atoms with E-state index in [0.717, 1.165) is 37.4 Å². The lowest BCUT2D eigenvalue weighted by Gasteiger charge is -2.50. The van der Waals surface area contributed by atoms with E-state index in [-0.39, 0.29) is 17.4 Å². The Labute approximate surface area is 131 Å². The number of piperidine rings is 1. The Morgan fingerprint density at radius 2 is 2.27 bits per heavy atom. The van der Waals surface area contributed by atoms with Crippen LogP contribution in [0.2, 0.25) is 0 Å². The summed E-state index contributed by atoms with van der Waals surface area (Å²) >= 11 is 0. The van der Waals surface area contributed by atoms with Crippen LogP contribution in [-0.2, 0) is 10.2 Å². The Balaban J connectivity index is 1.79. The highest BCUT2D eigenvalue weighted by Gasteiger charge is 2.57. The molecule has 2 fully saturated rings. The van der Waals surface area contributed by atoms with Crippen molar-refractivity contribution in [2.45, 2.75) is 44.1 Å². The summed E-state index contributed by atoms with van der Waals surface area (Å²) in [5.41, 5.74) is 1.39. The highest BCUT2D eigenvalue weighted by atomic mass is 16.5. The summed E-state index contributed by atoms with van der Waals surface area (Å²) in [6.07, 6.45) is 4.71. The zero-order chi connectivity index (χ0) is 15.3. The van der Waals surface area contributed by atoms with Crippen LogP contribution in [0.1, 0.15) is 38.2 Å². The van der Waals surface area contributed by atoms with Crippen molar-refractivity contribution in [2.24, 2.45) is 5.92 Å². The third-order valence-corrected chi connectivity index (χ3v) is 5.96. The van der Waals surface area contributed by atoms with Gasteiger partial charge in [0.05, 0.1) is 7.11 Å². The van der Waals surface area contributed by atoms with E-state index in [2.05, 4.69) is 12.1 Å². The lowest BCUT2D eigenvalue weighted by molar-refractivity contribution is -0.133. The number of benzene rings is 1. The minimum absolute atomic E-state index is 0.0775. The molecule has 4 heteroatoms. The minimum atomic E-state index is 0.0775. The molecule has 3 unspecified atom stereocenters. The van der Waals surface area contributed by atoms with E-state index in [4.69, 9.17) is 9.47 Å². The van der Waals surface area contributed by atoms with Crippen molar-refractivity contribution in [2.75, 3.05) is 20.2 Å². The molecule has 1 saturated carbocycles. The van der Waals surface area contributed by atoms with Gasteiger partial charge < -0.3 is 14.4 Å². The standard InChI is InChI=1S/C18H23NO3/c1-12(20)19-10-9-18-13(11-19)5-3-8-16(18)22-17-14(18)6-4-7-15(17)21-2/h4,6-7,13,16H,3,5,8-11H2,1-2H3. The molecule has 1 aliphatic carbocycles. The van der Waals surface area contributed by atoms with Gasteiger partial charge in [-0.2, -0.15) is 0 Å². The van der Waals surface area contributed by atoms with Crippen molar-refractivity contribution in [1.82, 2.24) is 4.90 Å². The Morgan fingerprint density at radius 3 is 3.05 bits per heavy atom. The molecule has 1 aromatic carbocycles. The van der Waals surface area contributed by atoms with Gasteiger partial charge in [0.25, 0.3) is 0 Å². The number of rotatable bonds is 1. The molecule has 22 heavy (non-hydrogen) atoms. The van der Waals surface area contributed by atoms with Crippen LogP contribution in [0.4, 0.5) is 0 Å². The summed E-state index contributed by atoms with van der Waals surface area (Å²) in [5.74, 6) is 2.48. The SMILES string of the molecule is COc1cccc2c1OC1CCCC3CN(C(C)=O)CCC231. The predicted octanol–water partition coefficient (Wildman–Crippen LogP) is 2.75. The highest BCUT2D eigenvalue weighted by molar-refractivity contribution is 5.73. The molecule has 4 nitrogen and oxygen atoms in total. The fourth-order valence-electron chi connectivity index (χ4n) is 4.91. The van der Waals surface area contributed by atoms with E-state index in [1.807, 2.05) is 11.0 Å². The lowest BCUT2D eigenvalue weighted by Crippen LogP contribution is -2.57. The van der Waals surface area contributed by atoms with Crippen molar-refractivity contribution < 1.29 is 14.3 Å². The van der Waals surface area contributed by atoms with E-state index in [1.165, 1.54) is 18.4 Å². The largest absolute Gasteiger partial charge is 0.493 e. The number of ether oxygens (including phenoxy) is 2. The van der Waals surface area contributed by atoms with Gasteiger partial charge in [-0.05, 0) is 37.7 Å². The summed E-state index contributed by atoms with van der Waals surface area (Å²) in [6.45, 7) is 3.38.